The number of rotatable bonds is 6. The van der Waals surface area contributed by atoms with Gasteiger partial charge in [0.25, 0.3) is 5.91 Å². The SMILES string of the molecule is COC(=O)CCN(CC(C)C)C(=O)c1ccc2c(c1)CCN2. The summed E-state index contributed by atoms with van der Waals surface area (Å²) >= 11 is 0. The summed E-state index contributed by atoms with van der Waals surface area (Å²) in [5.74, 6) is 0.0321. The Balaban J connectivity index is 2.11. The summed E-state index contributed by atoms with van der Waals surface area (Å²) in [4.78, 5) is 25.8. The van der Waals surface area contributed by atoms with Crippen LogP contribution in [0, 0.1) is 5.92 Å². The predicted octanol–water partition coefficient (Wildman–Crippen LogP) is 2.32. The molecule has 0 radical (unpaired) electrons. The highest BCUT2D eigenvalue weighted by atomic mass is 16.5. The van der Waals surface area contributed by atoms with Crippen molar-refractivity contribution in [2.45, 2.75) is 26.7 Å². The van der Waals surface area contributed by atoms with E-state index in [-0.39, 0.29) is 18.3 Å². The van der Waals surface area contributed by atoms with Crippen LogP contribution in [-0.4, -0.2) is 43.5 Å². The number of anilines is 1. The largest absolute Gasteiger partial charge is 0.469 e. The van der Waals surface area contributed by atoms with Crippen LogP contribution in [0.1, 0.15) is 36.2 Å². The van der Waals surface area contributed by atoms with Gasteiger partial charge in [-0.2, -0.15) is 0 Å². The van der Waals surface area contributed by atoms with Crippen LogP contribution in [0.4, 0.5) is 5.69 Å². The van der Waals surface area contributed by atoms with Gasteiger partial charge in [-0.1, -0.05) is 13.8 Å². The normalized spacial score (nSPS) is 12.7. The highest BCUT2D eigenvalue weighted by Gasteiger charge is 2.20. The van der Waals surface area contributed by atoms with Crippen LogP contribution in [0.3, 0.4) is 0 Å². The van der Waals surface area contributed by atoms with Crippen molar-refractivity contribution < 1.29 is 14.3 Å². The quantitative estimate of drug-likeness (QED) is 0.819. The number of esters is 1. The minimum atomic E-state index is -0.292. The fraction of sp³-hybridized carbons (Fsp3) is 0.529. The van der Waals surface area contributed by atoms with Crippen molar-refractivity contribution in [3.8, 4) is 0 Å². The van der Waals surface area contributed by atoms with Crippen LogP contribution < -0.4 is 5.32 Å². The first kappa shape index (κ1) is 16.3. The molecular formula is C17H24N2O3. The van der Waals surface area contributed by atoms with Gasteiger partial charge >= 0.3 is 5.97 Å². The molecule has 22 heavy (non-hydrogen) atoms. The smallest absolute Gasteiger partial charge is 0.307 e. The second-order valence-electron chi connectivity index (χ2n) is 6.02. The molecule has 1 aliphatic rings. The molecule has 120 valence electrons. The van der Waals surface area contributed by atoms with Gasteiger partial charge in [-0.15, -0.1) is 0 Å². The molecular weight excluding hydrogens is 280 g/mol. The van der Waals surface area contributed by atoms with Crippen molar-refractivity contribution in [1.29, 1.82) is 0 Å². The summed E-state index contributed by atoms with van der Waals surface area (Å²) in [5.41, 5.74) is 2.98. The zero-order valence-electron chi connectivity index (χ0n) is 13.5. The Bertz CT molecular complexity index is 555. The first-order valence-electron chi connectivity index (χ1n) is 7.74. The lowest BCUT2D eigenvalue weighted by Gasteiger charge is -2.24. The Morgan fingerprint density at radius 3 is 2.82 bits per heavy atom. The highest BCUT2D eigenvalue weighted by molar-refractivity contribution is 5.95. The van der Waals surface area contributed by atoms with Crippen LogP contribution in [0.15, 0.2) is 18.2 Å². The fourth-order valence-electron chi connectivity index (χ4n) is 2.67. The van der Waals surface area contributed by atoms with E-state index in [2.05, 4.69) is 23.9 Å². The van der Waals surface area contributed by atoms with Gasteiger partial charge in [0.15, 0.2) is 0 Å². The molecule has 1 aromatic rings. The number of hydrogen-bond acceptors (Lipinski definition) is 4. The van der Waals surface area contributed by atoms with Crippen molar-refractivity contribution in [2.24, 2.45) is 5.92 Å². The molecule has 0 aromatic heterocycles. The highest BCUT2D eigenvalue weighted by Crippen LogP contribution is 2.23. The second kappa shape index (κ2) is 7.29. The number of amides is 1. The Morgan fingerprint density at radius 2 is 2.14 bits per heavy atom. The molecule has 0 spiro atoms. The number of ether oxygens (including phenoxy) is 1. The number of benzene rings is 1. The van der Waals surface area contributed by atoms with Crippen LogP contribution in [0.5, 0.6) is 0 Å². The third-order valence-electron chi connectivity index (χ3n) is 3.75. The van der Waals surface area contributed by atoms with E-state index in [1.165, 1.54) is 12.7 Å². The van der Waals surface area contributed by atoms with Gasteiger partial charge in [0.05, 0.1) is 13.5 Å². The summed E-state index contributed by atoms with van der Waals surface area (Å²) in [6, 6.07) is 5.78. The molecule has 0 atom stereocenters. The van der Waals surface area contributed by atoms with Crippen LogP contribution in [0.25, 0.3) is 0 Å². The average Bonchev–Trinajstić information content (AvgIpc) is 2.97. The van der Waals surface area contributed by atoms with Crippen LogP contribution in [0.2, 0.25) is 0 Å². The molecule has 1 heterocycles. The van der Waals surface area contributed by atoms with E-state index in [4.69, 9.17) is 0 Å². The first-order chi connectivity index (χ1) is 10.5. The molecule has 5 heteroatoms. The number of methoxy groups -OCH3 is 1. The maximum atomic E-state index is 12.7. The molecule has 0 unspecified atom stereocenters. The van der Waals surface area contributed by atoms with E-state index < -0.39 is 0 Å². The lowest BCUT2D eigenvalue weighted by Crippen LogP contribution is -2.36. The maximum absolute atomic E-state index is 12.7. The Morgan fingerprint density at radius 1 is 1.36 bits per heavy atom. The molecule has 2 rings (SSSR count). The van der Waals surface area contributed by atoms with Crippen molar-refractivity contribution in [3.63, 3.8) is 0 Å². The van der Waals surface area contributed by atoms with Gasteiger partial charge in [-0.3, -0.25) is 9.59 Å². The van der Waals surface area contributed by atoms with Gasteiger partial charge in [-0.25, -0.2) is 0 Å². The standard InChI is InChI=1S/C17H24N2O3/c1-12(2)11-19(9-7-16(20)22-3)17(21)14-4-5-15-13(10-14)6-8-18-15/h4-5,10,12,18H,6-9,11H2,1-3H3. The summed E-state index contributed by atoms with van der Waals surface area (Å²) in [6.45, 7) is 6.06. The van der Waals surface area contributed by atoms with Gasteiger partial charge in [0.2, 0.25) is 0 Å². The number of nitrogens with zero attached hydrogens (tertiary/aromatic N) is 1. The molecule has 5 nitrogen and oxygen atoms in total. The van der Waals surface area contributed by atoms with Crippen molar-refractivity contribution in [1.82, 2.24) is 4.90 Å². The molecule has 0 fully saturated rings. The molecule has 0 saturated heterocycles. The molecule has 1 amide bonds. The van der Waals surface area contributed by atoms with Crippen molar-refractivity contribution in [2.75, 3.05) is 32.1 Å². The first-order valence-corrected chi connectivity index (χ1v) is 7.74. The van der Waals surface area contributed by atoms with E-state index in [0.29, 0.717) is 24.6 Å². The molecule has 1 aromatic carbocycles. The minimum Gasteiger partial charge on any atom is -0.469 e. The van der Waals surface area contributed by atoms with Gasteiger partial charge in [0.1, 0.15) is 0 Å². The Kier molecular flexibility index (Phi) is 5.41. The number of fused-ring (bicyclic) bond motifs is 1. The van der Waals surface area contributed by atoms with E-state index in [1.54, 1.807) is 4.90 Å². The predicted molar refractivity (Wildman–Crippen MR) is 86.0 cm³/mol. The van der Waals surface area contributed by atoms with Crippen molar-refractivity contribution in [3.05, 3.63) is 29.3 Å². The van der Waals surface area contributed by atoms with Gasteiger partial charge in [0, 0.05) is 30.9 Å². The molecule has 1 N–H and O–H groups in total. The fourth-order valence-corrected chi connectivity index (χ4v) is 2.67. The summed E-state index contributed by atoms with van der Waals surface area (Å²) < 4.78 is 4.67. The molecule has 0 saturated carbocycles. The topological polar surface area (TPSA) is 58.6 Å². The summed E-state index contributed by atoms with van der Waals surface area (Å²) in [6.07, 6.45) is 1.17. The zero-order valence-corrected chi connectivity index (χ0v) is 13.5. The average molecular weight is 304 g/mol. The van der Waals surface area contributed by atoms with Crippen LogP contribution in [-0.2, 0) is 16.0 Å². The van der Waals surface area contributed by atoms with Crippen LogP contribution >= 0.6 is 0 Å². The minimum absolute atomic E-state index is 0.0210. The van der Waals surface area contributed by atoms with Crippen molar-refractivity contribution >= 4 is 17.6 Å². The summed E-state index contributed by atoms with van der Waals surface area (Å²) in [5, 5.41) is 3.29. The lowest BCUT2D eigenvalue weighted by atomic mass is 10.1. The molecule has 1 aliphatic heterocycles. The lowest BCUT2D eigenvalue weighted by molar-refractivity contribution is -0.140. The van der Waals surface area contributed by atoms with E-state index in [0.717, 1.165) is 18.7 Å². The molecule has 0 aliphatic carbocycles. The van der Waals surface area contributed by atoms with Gasteiger partial charge < -0.3 is 15.0 Å². The number of hydrogen-bond donors (Lipinski definition) is 1. The molecule has 0 bridgehead atoms. The Labute approximate surface area is 131 Å². The van der Waals surface area contributed by atoms with E-state index in [9.17, 15) is 9.59 Å². The third kappa shape index (κ3) is 4.00. The Hall–Kier alpha value is -2.04. The van der Waals surface area contributed by atoms with E-state index >= 15 is 0 Å². The third-order valence-corrected chi connectivity index (χ3v) is 3.75. The zero-order chi connectivity index (χ0) is 16.1. The monoisotopic (exact) mass is 304 g/mol. The van der Waals surface area contributed by atoms with E-state index in [1.807, 2.05) is 18.2 Å². The number of nitrogens with one attached hydrogen (secondary N) is 1. The maximum Gasteiger partial charge on any atom is 0.307 e. The summed E-state index contributed by atoms with van der Waals surface area (Å²) in [7, 11) is 1.37. The van der Waals surface area contributed by atoms with Gasteiger partial charge in [-0.05, 0) is 36.1 Å². The second-order valence-corrected chi connectivity index (χ2v) is 6.02. The number of carbonyl (C=O) groups excluding carboxylic acids is 2. The number of carbonyl (C=O) groups is 2.